The summed E-state index contributed by atoms with van der Waals surface area (Å²) in [5.74, 6) is 0.408. The number of benzene rings is 1. The molecule has 0 saturated carbocycles. The van der Waals surface area contributed by atoms with Crippen LogP contribution < -0.4 is 14.8 Å². The number of pyridine rings is 1. The number of carbonyl (C=O) groups excluding carboxylic acids is 1. The van der Waals surface area contributed by atoms with Crippen molar-refractivity contribution in [2.24, 2.45) is 0 Å². The fourth-order valence-electron chi connectivity index (χ4n) is 2.11. The summed E-state index contributed by atoms with van der Waals surface area (Å²) in [6, 6.07) is 10.1. The highest BCUT2D eigenvalue weighted by molar-refractivity contribution is 6.04. The molecule has 2 N–H and O–H groups in total. The lowest BCUT2D eigenvalue weighted by Gasteiger charge is -2.12. The fourth-order valence-corrected chi connectivity index (χ4v) is 2.11. The van der Waals surface area contributed by atoms with Gasteiger partial charge in [0.25, 0.3) is 5.91 Å². The van der Waals surface area contributed by atoms with E-state index in [1.165, 1.54) is 36.4 Å². The van der Waals surface area contributed by atoms with Crippen molar-refractivity contribution in [3.63, 3.8) is 0 Å². The van der Waals surface area contributed by atoms with Gasteiger partial charge in [-0.05, 0) is 38.1 Å². The second kappa shape index (κ2) is 7.64. The van der Waals surface area contributed by atoms with Crippen LogP contribution in [-0.2, 0) is 0 Å². The third-order valence-corrected chi connectivity index (χ3v) is 3.18. The number of amides is 1. The molecular formula is C18H17FN4O3. The van der Waals surface area contributed by atoms with E-state index in [4.69, 9.17) is 9.47 Å². The number of ether oxygens (including phenoxy) is 2. The van der Waals surface area contributed by atoms with Crippen LogP contribution in [0.4, 0.5) is 10.2 Å². The number of rotatable bonds is 6. The summed E-state index contributed by atoms with van der Waals surface area (Å²) in [6.45, 7) is 3.69. The minimum Gasteiger partial charge on any atom is -0.475 e. The zero-order valence-corrected chi connectivity index (χ0v) is 14.2. The highest BCUT2D eigenvalue weighted by atomic mass is 19.1. The minimum absolute atomic E-state index is 0.133. The topological polar surface area (TPSA) is 89.1 Å². The first-order chi connectivity index (χ1) is 12.5. The van der Waals surface area contributed by atoms with Crippen LogP contribution in [0.15, 0.2) is 48.7 Å². The number of aromatic amines is 1. The molecule has 0 saturated heterocycles. The van der Waals surface area contributed by atoms with Gasteiger partial charge in [-0.3, -0.25) is 9.89 Å². The molecule has 0 radical (unpaired) electrons. The SMILES string of the molecule is CC(C)Oc1cc(C(=O)Nc2cc[nH]n2)cc(Oc2ccc(F)cc2)n1. The van der Waals surface area contributed by atoms with Gasteiger partial charge in [-0.2, -0.15) is 10.1 Å². The van der Waals surface area contributed by atoms with Crippen LogP contribution in [0.3, 0.4) is 0 Å². The van der Waals surface area contributed by atoms with Crippen molar-refractivity contribution in [3.8, 4) is 17.5 Å². The third kappa shape index (κ3) is 4.56. The molecule has 2 aromatic heterocycles. The molecule has 0 aliphatic rings. The van der Waals surface area contributed by atoms with Crippen molar-refractivity contribution < 1.29 is 18.7 Å². The molecule has 0 aliphatic heterocycles. The maximum atomic E-state index is 13.0. The van der Waals surface area contributed by atoms with Gasteiger partial charge in [-0.1, -0.05) is 0 Å². The largest absolute Gasteiger partial charge is 0.475 e. The molecule has 7 nitrogen and oxygen atoms in total. The molecule has 134 valence electrons. The lowest BCUT2D eigenvalue weighted by Crippen LogP contribution is -2.14. The number of halogens is 1. The van der Waals surface area contributed by atoms with E-state index in [0.717, 1.165) is 0 Å². The second-order valence-electron chi connectivity index (χ2n) is 5.67. The molecule has 0 fully saturated rings. The molecule has 0 aliphatic carbocycles. The number of hydrogen-bond acceptors (Lipinski definition) is 5. The smallest absolute Gasteiger partial charge is 0.257 e. The van der Waals surface area contributed by atoms with E-state index in [2.05, 4.69) is 20.5 Å². The van der Waals surface area contributed by atoms with E-state index >= 15 is 0 Å². The van der Waals surface area contributed by atoms with Gasteiger partial charge in [0.15, 0.2) is 5.82 Å². The molecule has 0 spiro atoms. The Kier molecular flexibility index (Phi) is 5.12. The first-order valence-electron chi connectivity index (χ1n) is 7.93. The number of nitrogens with one attached hydrogen (secondary N) is 2. The summed E-state index contributed by atoms with van der Waals surface area (Å²) in [4.78, 5) is 16.7. The number of anilines is 1. The van der Waals surface area contributed by atoms with Gasteiger partial charge in [-0.15, -0.1) is 0 Å². The standard InChI is InChI=1S/C18H17FN4O3/c1-11(2)25-16-9-12(18(24)21-15-7-8-20-23-15)10-17(22-16)26-14-5-3-13(19)4-6-14/h3-11H,1-2H3,(H2,20,21,23,24). The monoisotopic (exact) mass is 356 g/mol. The van der Waals surface area contributed by atoms with Crippen LogP contribution in [-0.4, -0.2) is 27.2 Å². The first kappa shape index (κ1) is 17.4. The zero-order valence-electron chi connectivity index (χ0n) is 14.2. The van der Waals surface area contributed by atoms with Crippen LogP contribution in [0.1, 0.15) is 24.2 Å². The maximum Gasteiger partial charge on any atom is 0.257 e. The predicted molar refractivity (Wildman–Crippen MR) is 93.0 cm³/mol. The Morgan fingerprint density at radius 3 is 2.54 bits per heavy atom. The molecule has 3 rings (SSSR count). The van der Waals surface area contributed by atoms with Crippen LogP contribution in [0.25, 0.3) is 0 Å². The molecule has 26 heavy (non-hydrogen) atoms. The molecule has 3 aromatic rings. The van der Waals surface area contributed by atoms with Crippen molar-refractivity contribution in [2.75, 3.05) is 5.32 Å². The maximum absolute atomic E-state index is 13.0. The van der Waals surface area contributed by atoms with Gasteiger partial charge in [0.2, 0.25) is 11.8 Å². The second-order valence-corrected chi connectivity index (χ2v) is 5.67. The van der Waals surface area contributed by atoms with Crippen LogP contribution in [0.2, 0.25) is 0 Å². The Hall–Kier alpha value is -3.42. The summed E-state index contributed by atoms with van der Waals surface area (Å²) < 4.78 is 24.2. The van der Waals surface area contributed by atoms with E-state index < -0.39 is 5.91 Å². The van der Waals surface area contributed by atoms with Gasteiger partial charge in [0, 0.05) is 24.4 Å². The molecule has 1 aromatic carbocycles. The van der Waals surface area contributed by atoms with Crippen molar-refractivity contribution in [2.45, 2.75) is 20.0 Å². The highest BCUT2D eigenvalue weighted by Gasteiger charge is 2.14. The van der Waals surface area contributed by atoms with Gasteiger partial charge in [-0.25, -0.2) is 4.39 Å². The van der Waals surface area contributed by atoms with E-state index in [0.29, 0.717) is 11.6 Å². The molecular weight excluding hydrogens is 339 g/mol. The summed E-state index contributed by atoms with van der Waals surface area (Å²) in [6.07, 6.45) is 1.46. The lowest BCUT2D eigenvalue weighted by atomic mass is 10.2. The Labute approximate surface area is 149 Å². The van der Waals surface area contributed by atoms with Crippen LogP contribution >= 0.6 is 0 Å². The Bertz CT molecular complexity index is 880. The summed E-state index contributed by atoms with van der Waals surface area (Å²) in [7, 11) is 0. The molecule has 0 unspecified atom stereocenters. The summed E-state index contributed by atoms with van der Waals surface area (Å²) >= 11 is 0. The normalized spacial score (nSPS) is 10.6. The van der Waals surface area contributed by atoms with Gasteiger partial charge < -0.3 is 14.8 Å². The van der Waals surface area contributed by atoms with Crippen molar-refractivity contribution in [1.29, 1.82) is 0 Å². The highest BCUT2D eigenvalue weighted by Crippen LogP contribution is 2.25. The average Bonchev–Trinajstić information content (AvgIpc) is 3.09. The van der Waals surface area contributed by atoms with E-state index in [1.54, 1.807) is 12.3 Å². The Balaban J connectivity index is 1.87. The minimum atomic E-state index is -0.392. The Morgan fingerprint density at radius 2 is 1.88 bits per heavy atom. The number of carbonyl (C=O) groups is 1. The molecule has 1 amide bonds. The summed E-state index contributed by atoms with van der Waals surface area (Å²) in [5.41, 5.74) is 0.288. The predicted octanol–water partition coefficient (Wildman–Crippen LogP) is 3.78. The van der Waals surface area contributed by atoms with Crippen molar-refractivity contribution in [1.82, 2.24) is 15.2 Å². The van der Waals surface area contributed by atoms with Gasteiger partial charge in [0.05, 0.1) is 11.7 Å². The number of hydrogen-bond donors (Lipinski definition) is 2. The fraction of sp³-hybridized carbons (Fsp3) is 0.167. The van der Waals surface area contributed by atoms with Crippen LogP contribution in [0.5, 0.6) is 17.5 Å². The number of nitrogens with zero attached hydrogens (tertiary/aromatic N) is 2. The average molecular weight is 356 g/mol. The van der Waals surface area contributed by atoms with E-state index in [9.17, 15) is 9.18 Å². The number of aromatic nitrogens is 3. The van der Waals surface area contributed by atoms with E-state index in [1.807, 2.05) is 13.8 Å². The third-order valence-electron chi connectivity index (χ3n) is 3.18. The molecule has 2 heterocycles. The molecule has 0 bridgehead atoms. The van der Waals surface area contributed by atoms with E-state index in [-0.39, 0.29) is 29.2 Å². The van der Waals surface area contributed by atoms with Crippen LogP contribution in [0, 0.1) is 5.82 Å². The summed E-state index contributed by atoms with van der Waals surface area (Å²) in [5, 5.41) is 9.14. The van der Waals surface area contributed by atoms with Crippen molar-refractivity contribution >= 4 is 11.7 Å². The molecule has 0 atom stereocenters. The van der Waals surface area contributed by atoms with Crippen molar-refractivity contribution in [3.05, 3.63) is 60.0 Å². The van der Waals surface area contributed by atoms with Gasteiger partial charge >= 0.3 is 0 Å². The first-order valence-corrected chi connectivity index (χ1v) is 7.93. The lowest BCUT2D eigenvalue weighted by molar-refractivity contribution is 0.102. The molecule has 8 heteroatoms. The Morgan fingerprint density at radius 1 is 1.15 bits per heavy atom. The number of H-pyrrole nitrogens is 1. The zero-order chi connectivity index (χ0) is 18.5. The quantitative estimate of drug-likeness (QED) is 0.702. The van der Waals surface area contributed by atoms with Gasteiger partial charge in [0.1, 0.15) is 11.6 Å².